The van der Waals surface area contributed by atoms with Crippen LogP contribution in [0.4, 0.5) is 0 Å². The van der Waals surface area contributed by atoms with Crippen molar-refractivity contribution in [1.82, 2.24) is 24.9 Å². The highest BCUT2D eigenvalue weighted by Gasteiger charge is 2.19. The first kappa shape index (κ1) is 36.0. The summed E-state index contributed by atoms with van der Waals surface area (Å²) >= 11 is 0. The van der Waals surface area contributed by atoms with Gasteiger partial charge in [0.25, 0.3) is 0 Å². The number of fused-ring (bicyclic) bond motifs is 8. The first-order chi connectivity index (χ1) is 31.7. The molecular formula is C59H35N5. The highest BCUT2D eigenvalue weighted by Crippen LogP contribution is 2.44. The Hall–Kier alpha value is -8.67. The third-order valence-electron chi connectivity index (χ3n) is 12.7. The van der Waals surface area contributed by atoms with Gasteiger partial charge in [-0.2, -0.15) is 0 Å². The Morgan fingerprint density at radius 2 is 0.750 bits per heavy atom. The molecule has 0 saturated carbocycles. The molecule has 0 atom stereocenters. The number of benzene rings is 8. The van der Waals surface area contributed by atoms with Crippen LogP contribution < -0.4 is 0 Å². The second-order valence-corrected chi connectivity index (χ2v) is 16.4. The van der Waals surface area contributed by atoms with E-state index in [0.29, 0.717) is 0 Å². The fraction of sp³-hybridized carbons (Fsp3) is 0. The molecule has 0 aliphatic rings. The molecule has 0 saturated heterocycles. The van der Waals surface area contributed by atoms with Crippen molar-refractivity contribution in [2.45, 2.75) is 0 Å². The molecule has 0 unspecified atom stereocenters. The lowest BCUT2D eigenvalue weighted by molar-refractivity contribution is 1.36. The molecule has 64 heavy (non-hydrogen) atoms. The minimum Gasteiger partial charge on any atom is -0.256 e. The van der Waals surface area contributed by atoms with Gasteiger partial charge in [-0.25, -0.2) is 19.9 Å². The van der Waals surface area contributed by atoms with E-state index in [9.17, 15) is 0 Å². The Kier molecular flexibility index (Phi) is 8.15. The summed E-state index contributed by atoms with van der Waals surface area (Å²) in [5, 5.41) is 9.99. The lowest BCUT2D eigenvalue weighted by Crippen LogP contribution is -1.94. The van der Waals surface area contributed by atoms with Crippen LogP contribution in [0.1, 0.15) is 0 Å². The number of rotatable bonds is 5. The standard InChI is InChI=1S/C59H35N5/c1-2-10-36(11-3-1)49-30-27-40-21-22-41-28-32-52(64-59(41)58(40)63-49)56-46-16-6-4-14-44(46)55(45-15-5-7-17-47(45)56)43-24-20-38-25-29-50(61-54(38)35-43)42-23-19-37-26-31-51(62-53(37)34-42)48-18-8-12-39-13-9-33-60-57(39)48/h1-35H. The van der Waals surface area contributed by atoms with E-state index in [1.807, 2.05) is 18.3 Å². The highest BCUT2D eigenvalue weighted by atomic mass is 14.8. The Morgan fingerprint density at radius 3 is 1.45 bits per heavy atom. The molecule has 5 aromatic heterocycles. The summed E-state index contributed by atoms with van der Waals surface area (Å²) < 4.78 is 0. The minimum atomic E-state index is 0.895. The van der Waals surface area contributed by atoms with Gasteiger partial charge in [-0.15, -0.1) is 0 Å². The first-order valence-corrected chi connectivity index (χ1v) is 21.6. The minimum absolute atomic E-state index is 0.895. The maximum Gasteiger partial charge on any atom is 0.0972 e. The highest BCUT2D eigenvalue weighted by molar-refractivity contribution is 6.22. The number of para-hydroxylation sites is 1. The number of hydrogen-bond acceptors (Lipinski definition) is 5. The topological polar surface area (TPSA) is 64.5 Å². The third-order valence-corrected chi connectivity index (χ3v) is 12.7. The molecule has 5 heteroatoms. The molecule has 13 aromatic rings. The van der Waals surface area contributed by atoms with Crippen LogP contribution in [0.15, 0.2) is 212 Å². The Morgan fingerprint density at radius 1 is 0.266 bits per heavy atom. The average molecular weight is 814 g/mol. The summed E-state index contributed by atoms with van der Waals surface area (Å²) in [5.74, 6) is 0. The van der Waals surface area contributed by atoms with Crippen molar-refractivity contribution in [2.75, 3.05) is 0 Å². The van der Waals surface area contributed by atoms with E-state index in [4.69, 9.17) is 19.9 Å². The molecule has 13 rings (SSSR count). The molecule has 0 aliphatic carbocycles. The summed E-state index contributed by atoms with van der Waals surface area (Å²) in [5.41, 5.74) is 14.8. The fourth-order valence-electron chi connectivity index (χ4n) is 9.56. The van der Waals surface area contributed by atoms with Gasteiger partial charge >= 0.3 is 0 Å². The van der Waals surface area contributed by atoms with Gasteiger partial charge in [-0.05, 0) is 75.1 Å². The number of pyridine rings is 5. The predicted molar refractivity (Wildman–Crippen MR) is 265 cm³/mol. The second-order valence-electron chi connectivity index (χ2n) is 16.4. The van der Waals surface area contributed by atoms with Crippen LogP contribution in [0.25, 0.3) is 132 Å². The summed E-state index contributed by atoms with van der Waals surface area (Å²) in [7, 11) is 0. The van der Waals surface area contributed by atoms with Crippen molar-refractivity contribution in [3.63, 3.8) is 0 Å². The van der Waals surface area contributed by atoms with Crippen LogP contribution in [0, 0.1) is 0 Å². The van der Waals surface area contributed by atoms with Crippen molar-refractivity contribution < 1.29 is 0 Å². The van der Waals surface area contributed by atoms with E-state index in [1.165, 1.54) is 5.56 Å². The average Bonchev–Trinajstić information content (AvgIpc) is 3.37. The molecule has 0 amide bonds. The van der Waals surface area contributed by atoms with Crippen molar-refractivity contribution >= 4 is 76.1 Å². The van der Waals surface area contributed by atoms with Crippen LogP contribution in [0.5, 0.6) is 0 Å². The third kappa shape index (κ3) is 5.90. The quantitative estimate of drug-likeness (QED) is 0.128. The van der Waals surface area contributed by atoms with Crippen LogP contribution in [0.3, 0.4) is 0 Å². The van der Waals surface area contributed by atoms with Gasteiger partial charge in [-0.1, -0.05) is 164 Å². The van der Waals surface area contributed by atoms with Crippen LogP contribution in [-0.2, 0) is 0 Å². The maximum atomic E-state index is 5.46. The number of hydrogen-bond donors (Lipinski definition) is 0. The molecule has 0 spiro atoms. The molecule has 0 N–H and O–H groups in total. The number of nitrogens with zero attached hydrogens (tertiary/aromatic N) is 5. The van der Waals surface area contributed by atoms with Crippen molar-refractivity contribution in [3.8, 4) is 56.2 Å². The molecule has 5 nitrogen and oxygen atoms in total. The van der Waals surface area contributed by atoms with Gasteiger partial charge < -0.3 is 0 Å². The summed E-state index contributed by atoms with van der Waals surface area (Å²) in [6.45, 7) is 0. The normalized spacial score (nSPS) is 11.8. The maximum absolute atomic E-state index is 5.46. The van der Waals surface area contributed by atoms with E-state index < -0.39 is 0 Å². The van der Waals surface area contributed by atoms with Crippen molar-refractivity contribution in [3.05, 3.63) is 212 Å². The van der Waals surface area contributed by atoms with E-state index in [0.717, 1.165) is 127 Å². The van der Waals surface area contributed by atoms with Gasteiger partial charge in [0, 0.05) is 55.4 Å². The van der Waals surface area contributed by atoms with Gasteiger partial charge in [-0.3, -0.25) is 4.98 Å². The van der Waals surface area contributed by atoms with Crippen LogP contribution in [0.2, 0.25) is 0 Å². The zero-order chi connectivity index (χ0) is 42.1. The first-order valence-electron chi connectivity index (χ1n) is 21.6. The molecule has 0 fully saturated rings. The fourth-order valence-corrected chi connectivity index (χ4v) is 9.56. The zero-order valence-electron chi connectivity index (χ0n) is 34.4. The second kappa shape index (κ2) is 14.5. The van der Waals surface area contributed by atoms with Gasteiger partial charge in [0.1, 0.15) is 0 Å². The zero-order valence-corrected chi connectivity index (χ0v) is 34.4. The van der Waals surface area contributed by atoms with Crippen LogP contribution in [-0.4, -0.2) is 24.9 Å². The Balaban J connectivity index is 0.940. The van der Waals surface area contributed by atoms with E-state index >= 15 is 0 Å². The van der Waals surface area contributed by atoms with E-state index in [1.54, 1.807) is 0 Å². The monoisotopic (exact) mass is 813 g/mol. The van der Waals surface area contributed by atoms with Crippen molar-refractivity contribution in [1.29, 1.82) is 0 Å². The lowest BCUT2D eigenvalue weighted by Gasteiger charge is -2.18. The predicted octanol–water partition coefficient (Wildman–Crippen LogP) is 15.1. The molecule has 0 radical (unpaired) electrons. The molecule has 5 heterocycles. The summed E-state index contributed by atoms with van der Waals surface area (Å²) in [6, 6.07) is 72.6. The SMILES string of the molecule is c1ccc(-c2ccc3ccc4ccc(-c5c6ccccc6c(-c6ccc7ccc(-c8ccc9ccc(-c%10cccc%11cccnc%10%11)nc9c8)nc7c6)c6ccccc56)nc4c3n2)cc1. The Bertz CT molecular complexity index is 3970. The molecule has 296 valence electrons. The molecular weight excluding hydrogens is 779 g/mol. The van der Waals surface area contributed by atoms with Crippen LogP contribution >= 0.6 is 0 Å². The van der Waals surface area contributed by atoms with E-state index in [-0.39, 0.29) is 0 Å². The van der Waals surface area contributed by atoms with Gasteiger partial charge in [0.2, 0.25) is 0 Å². The largest absolute Gasteiger partial charge is 0.256 e. The van der Waals surface area contributed by atoms with E-state index in [2.05, 4.69) is 199 Å². The summed E-state index contributed by atoms with van der Waals surface area (Å²) in [6.07, 6.45) is 1.84. The molecule has 0 bridgehead atoms. The smallest absolute Gasteiger partial charge is 0.0972 e. The summed E-state index contributed by atoms with van der Waals surface area (Å²) in [4.78, 5) is 25.8. The van der Waals surface area contributed by atoms with Gasteiger partial charge in [0.05, 0.1) is 50.4 Å². The lowest BCUT2D eigenvalue weighted by atomic mass is 9.87. The molecule has 8 aromatic carbocycles. The number of aromatic nitrogens is 5. The Labute approximate surface area is 368 Å². The van der Waals surface area contributed by atoms with Gasteiger partial charge in [0.15, 0.2) is 0 Å². The molecule has 0 aliphatic heterocycles. The van der Waals surface area contributed by atoms with Crippen molar-refractivity contribution in [2.24, 2.45) is 0 Å².